The highest BCUT2D eigenvalue weighted by atomic mass is 35.5. The summed E-state index contributed by atoms with van der Waals surface area (Å²) in [5.41, 5.74) is 0. The molecule has 108 valence electrons. The second kappa shape index (κ2) is 7.16. The van der Waals surface area contributed by atoms with Crippen molar-refractivity contribution in [2.24, 2.45) is 0 Å². The first-order chi connectivity index (χ1) is 8.81. The maximum absolute atomic E-state index is 12.4. The molecule has 19 heavy (non-hydrogen) atoms. The van der Waals surface area contributed by atoms with Crippen LogP contribution in [0.3, 0.4) is 0 Å². The fourth-order valence-corrected chi connectivity index (χ4v) is 3.18. The molecule has 1 aromatic rings. The van der Waals surface area contributed by atoms with Crippen molar-refractivity contribution in [3.63, 3.8) is 0 Å². The molecule has 0 aliphatic carbocycles. The molecule has 0 spiro atoms. The minimum absolute atomic E-state index is 0.0349. The Hall–Kier alpha value is 0.0400. The number of hydrogen-bond donors (Lipinski definition) is 1. The zero-order valence-corrected chi connectivity index (χ0v) is 13.9. The maximum atomic E-state index is 12.4. The Labute approximate surface area is 127 Å². The summed E-state index contributed by atoms with van der Waals surface area (Å²) >= 11 is 17.6. The monoisotopic (exact) mass is 345 g/mol. The van der Waals surface area contributed by atoms with Crippen LogP contribution in [-0.4, -0.2) is 13.2 Å². The highest BCUT2D eigenvalue weighted by Gasteiger charge is 2.27. The molecular formula is C11H15Cl3NO3P. The van der Waals surface area contributed by atoms with Gasteiger partial charge in [0, 0.05) is 19.2 Å². The Kier molecular flexibility index (Phi) is 6.44. The van der Waals surface area contributed by atoms with E-state index >= 15 is 0 Å². The van der Waals surface area contributed by atoms with E-state index in [1.54, 1.807) is 0 Å². The number of hydrogen-bond acceptors (Lipinski definition) is 3. The minimum atomic E-state index is -3.49. The van der Waals surface area contributed by atoms with Crippen LogP contribution in [0.5, 0.6) is 5.75 Å². The van der Waals surface area contributed by atoms with Gasteiger partial charge in [0.15, 0.2) is 5.75 Å². The smallest absolute Gasteiger partial charge is 0.412 e. The van der Waals surface area contributed by atoms with Crippen LogP contribution < -0.4 is 9.61 Å². The van der Waals surface area contributed by atoms with E-state index in [0.717, 1.165) is 6.42 Å². The van der Waals surface area contributed by atoms with E-state index < -0.39 is 7.75 Å². The third-order valence-electron chi connectivity index (χ3n) is 2.42. The molecule has 0 aromatic heterocycles. The van der Waals surface area contributed by atoms with E-state index in [0.29, 0.717) is 5.02 Å². The Balaban J connectivity index is 2.98. The van der Waals surface area contributed by atoms with Gasteiger partial charge in [-0.1, -0.05) is 41.7 Å². The zero-order chi connectivity index (χ0) is 14.6. The van der Waals surface area contributed by atoms with Gasteiger partial charge in [0.1, 0.15) is 0 Å². The Morgan fingerprint density at radius 3 is 2.37 bits per heavy atom. The van der Waals surface area contributed by atoms with Crippen molar-refractivity contribution >= 4 is 42.5 Å². The lowest BCUT2D eigenvalue weighted by molar-refractivity contribution is 0.303. The number of nitrogens with one attached hydrogen (secondary N) is 1. The van der Waals surface area contributed by atoms with Gasteiger partial charge in [0.25, 0.3) is 0 Å². The molecule has 8 heteroatoms. The average molecular weight is 347 g/mol. The SMILES string of the molecule is CCC(C)NP(=O)(OC)Oc1cc(Cl)c(Cl)cc1Cl. The zero-order valence-electron chi connectivity index (χ0n) is 10.7. The molecule has 0 bridgehead atoms. The highest BCUT2D eigenvalue weighted by Crippen LogP contribution is 2.47. The molecule has 0 aliphatic rings. The second-order valence-corrected chi connectivity index (χ2v) is 6.93. The van der Waals surface area contributed by atoms with Gasteiger partial charge in [0.05, 0.1) is 15.1 Å². The Morgan fingerprint density at radius 1 is 1.26 bits per heavy atom. The summed E-state index contributed by atoms with van der Waals surface area (Å²) in [6.07, 6.45) is 0.770. The predicted molar refractivity (Wildman–Crippen MR) is 79.6 cm³/mol. The van der Waals surface area contributed by atoms with E-state index in [1.165, 1.54) is 19.2 Å². The summed E-state index contributed by atoms with van der Waals surface area (Å²) in [5, 5.41) is 3.53. The maximum Gasteiger partial charge on any atom is 0.458 e. The van der Waals surface area contributed by atoms with Gasteiger partial charge in [-0.3, -0.25) is 4.52 Å². The van der Waals surface area contributed by atoms with E-state index in [1.807, 2.05) is 13.8 Å². The van der Waals surface area contributed by atoms with Crippen LogP contribution in [0.2, 0.25) is 15.1 Å². The predicted octanol–water partition coefficient (Wildman–Crippen LogP) is 5.17. The van der Waals surface area contributed by atoms with Crippen LogP contribution in [0.25, 0.3) is 0 Å². The molecule has 0 amide bonds. The fourth-order valence-electron chi connectivity index (χ4n) is 1.18. The summed E-state index contributed by atoms with van der Waals surface area (Å²) in [4.78, 5) is 0. The number of benzene rings is 1. The molecule has 2 unspecified atom stereocenters. The van der Waals surface area contributed by atoms with Crippen molar-refractivity contribution in [1.82, 2.24) is 5.09 Å². The molecule has 2 atom stereocenters. The van der Waals surface area contributed by atoms with Gasteiger partial charge >= 0.3 is 7.75 Å². The first-order valence-corrected chi connectivity index (χ1v) is 8.26. The Morgan fingerprint density at radius 2 is 1.84 bits per heavy atom. The van der Waals surface area contributed by atoms with Crippen molar-refractivity contribution in [2.75, 3.05) is 7.11 Å². The van der Waals surface area contributed by atoms with E-state index in [4.69, 9.17) is 43.9 Å². The van der Waals surface area contributed by atoms with Gasteiger partial charge in [-0.25, -0.2) is 9.65 Å². The molecule has 1 N–H and O–H groups in total. The molecule has 0 aliphatic heterocycles. The van der Waals surface area contributed by atoms with Crippen molar-refractivity contribution in [2.45, 2.75) is 26.3 Å². The molecule has 4 nitrogen and oxygen atoms in total. The summed E-state index contributed by atoms with van der Waals surface area (Å²) in [5.74, 6) is 0.150. The van der Waals surface area contributed by atoms with Crippen LogP contribution in [0.15, 0.2) is 12.1 Å². The third kappa shape index (κ3) is 4.82. The molecule has 0 saturated heterocycles. The molecule has 0 heterocycles. The lowest BCUT2D eigenvalue weighted by atomic mass is 10.3. The lowest BCUT2D eigenvalue weighted by Crippen LogP contribution is -2.25. The van der Waals surface area contributed by atoms with E-state index in [9.17, 15) is 4.57 Å². The van der Waals surface area contributed by atoms with Crippen LogP contribution in [0.4, 0.5) is 0 Å². The van der Waals surface area contributed by atoms with E-state index in [-0.39, 0.29) is 21.8 Å². The Bertz CT molecular complexity index is 498. The fraction of sp³-hybridized carbons (Fsp3) is 0.455. The van der Waals surface area contributed by atoms with Crippen LogP contribution in [0, 0.1) is 0 Å². The third-order valence-corrected chi connectivity index (χ3v) is 5.12. The first kappa shape index (κ1) is 17.1. The van der Waals surface area contributed by atoms with Gasteiger partial charge in [-0.2, -0.15) is 0 Å². The number of halogens is 3. The molecular weight excluding hydrogens is 331 g/mol. The highest BCUT2D eigenvalue weighted by molar-refractivity contribution is 7.52. The summed E-state index contributed by atoms with van der Waals surface area (Å²) in [7, 11) is -2.20. The molecule has 0 radical (unpaired) electrons. The van der Waals surface area contributed by atoms with Gasteiger partial charge in [-0.05, 0) is 19.4 Å². The van der Waals surface area contributed by atoms with Crippen molar-refractivity contribution in [3.8, 4) is 5.75 Å². The molecule has 1 rings (SSSR count). The van der Waals surface area contributed by atoms with Crippen LogP contribution >= 0.6 is 42.5 Å². The molecule has 1 aromatic carbocycles. The van der Waals surface area contributed by atoms with Crippen molar-refractivity contribution in [1.29, 1.82) is 0 Å². The number of rotatable bonds is 6. The molecule has 0 saturated carbocycles. The minimum Gasteiger partial charge on any atom is -0.412 e. The van der Waals surface area contributed by atoms with Crippen molar-refractivity contribution in [3.05, 3.63) is 27.2 Å². The lowest BCUT2D eigenvalue weighted by Gasteiger charge is -2.22. The first-order valence-electron chi connectivity index (χ1n) is 5.59. The van der Waals surface area contributed by atoms with Gasteiger partial charge in [-0.15, -0.1) is 0 Å². The second-order valence-electron chi connectivity index (χ2n) is 3.91. The normalized spacial score (nSPS) is 15.9. The van der Waals surface area contributed by atoms with Crippen molar-refractivity contribution < 1.29 is 13.6 Å². The van der Waals surface area contributed by atoms with Gasteiger partial charge in [0.2, 0.25) is 0 Å². The average Bonchev–Trinajstić information content (AvgIpc) is 2.35. The van der Waals surface area contributed by atoms with Crippen LogP contribution in [0.1, 0.15) is 20.3 Å². The largest absolute Gasteiger partial charge is 0.458 e. The summed E-state index contributed by atoms with van der Waals surface area (Å²) in [6.45, 7) is 3.81. The quantitative estimate of drug-likeness (QED) is 0.570. The van der Waals surface area contributed by atoms with Gasteiger partial charge < -0.3 is 4.52 Å². The molecule has 0 fully saturated rings. The summed E-state index contributed by atoms with van der Waals surface area (Å²) in [6, 6.07) is 2.78. The van der Waals surface area contributed by atoms with Crippen LogP contribution in [-0.2, 0) is 9.09 Å². The van der Waals surface area contributed by atoms with E-state index in [2.05, 4.69) is 5.09 Å². The standard InChI is InChI=1S/C11H15Cl3NO3P/c1-4-7(2)15-19(16,17-3)18-11-6-9(13)8(12)5-10(11)14/h5-7H,4H2,1-3H3,(H,15,16). The summed E-state index contributed by atoms with van der Waals surface area (Å²) < 4.78 is 22.6. The topological polar surface area (TPSA) is 47.6 Å².